The van der Waals surface area contributed by atoms with Gasteiger partial charge in [0.25, 0.3) is 0 Å². The van der Waals surface area contributed by atoms with Gasteiger partial charge in [-0.15, -0.1) is 0 Å². The van der Waals surface area contributed by atoms with Crippen LogP contribution in [0.1, 0.15) is 32.0 Å². The molecule has 0 atom stereocenters. The lowest BCUT2D eigenvalue weighted by Gasteiger charge is -2.20. The summed E-state index contributed by atoms with van der Waals surface area (Å²) in [5, 5.41) is 7.18. The monoisotopic (exact) mass is 370 g/mol. The lowest BCUT2D eigenvalue weighted by atomic mass is 10.1. The van der Waals surface area contributed by atoms with E-state index in [-0.39, 0.29) is 5.82 Å². The van der Waals surface area contributed by atoms with Crippen LogP contribution in [-0.2, 0) is 4.74 Å². The average Bonchev–Trinajstić information content (AvgIpc) is 2.82. The molecule has 0 saturated heterocycles. The summed E-state index contributed by atoms with van der Waals surface area (Å²) >= 11 is 0. The van der Waals surface area contributed by atoms with Crippen molar-refractivity contribution in [2.75, 3.05) is 11.1 Å². The van der Waals surface area contributed by atoms with Crippen molar-refractivity contribution in [1.29, 1.82) is 0 Å². The Morgan fingerprint density at radius 1 is 1.30 bits per heavy atom. The number of aryl methyl sites for hydroxylation is 2. The SMILES string of the molecule is Cc1cc(NC(=O)OC(C)(C)C)ccc1-n1nc(C)c2[nH]c(=O)nc(N)c21. The molecule has 0 fully saturated rings. The van der Waals surface area contributed by atoms with Crippen LogP contribution in [0, 0.1) is 13.8 Å². The van der Waals surface area contributed by atoms with Gasteiger partial charge in [-0.3, -0.25) is 5.32 Å². The van der Waals surface area contributed by atoms with E-state index in [1.165, 1.54) is 0 Å². The Balaban J connectivity index is 1.99. The molecule has 0 spiro atoms. The molecule has 0 radical (unpaired) electrons. The second-order valence-corrected chi connectivity index (χ2v) is 7.28. The van der Waals surface area contributed by atoms with Gasteiger partial charge in [-0.1, -0.05) is 0 Å². The van der Waals surface area contributed by atoms with Crippen LogP contribution < -0.4 is 16.7 Å². The molecule has 2 aromatic heterocycles. The van der Waals surface area contributed by atoms with Crippen molar-refractivity contribution >= 4 is 28.6 Å². The number of nitrogens with two attached hydrogens (primary N) is 1. The summed E-state index contributed by atoms with van der Waals surface area (Å²) in [4.78, 5) is 29.9. The molecule has 0 aliphatic heterocycles. The minimum atomic E-state index is -0.577. The smallest absolute Gasteiger partial charge is 0.412 e. The second kappa shape index (κ2) is 6.42. The molecule has 2 heterocycles. The van der Waals surface area contributed by atoms with Crippen LogP contribution in [0.15, 0.2) is 23.0 Å². The zero-order valence-corrected chi connectivity index (χ0v) is 15.9. The number of nitrogens with one attached hydrogen (secondary N) is 2. The molecule has 3 aromatic rings. The van der Waals surface area contributed by atoms with E-state index in [9.17, 15) is 9.59 Å². The van der Waals surface area contributed by atoms with Gasteiger partial charge < -0.3 is 15.5 Å². The molecule has 0 unspecified atom stereocenters. The molecule has 3 rings (SSSR count). The van der Waals surface area contributed by atoms with Gasteiger partial charge in [-0.2, -0.15) is 10.1 Å². The number of nitrogen functional groups attached to an aromatic ring is 1. The fraction of sp³-hybridized carbons (Fsp3) is 0.333. The van der Waals surface area contributed by atoms with E-state index >= 15 is 0 Å². The van der Waals surface area contributed by atoms with E-state index in [0.29, 0.717) is 22.4 Å². The molecule has 1 amide bonds. The maximum Gasteiger partial charge on any atom is 0.412 e. The van der Waals surface area contributed by atoms with Gasteiger partial charge in [-0.05, 0) is 58.4 Å². The van der Waals surface area contributed by atoms with E-state index in [4.69, 9.17) is 10.5 Å². The Kier molecular flexibility index (Phi) is 4.38. The Morgan fingerprint density at radius 3 is 2.63 bits per heavy atom. The first-order chi connectivity index (χ1) is 12.5. The number of aromatic nitrogens is 4. The van der Waals surface area contributed by atoms with Crippen LogP contribution in [0.3, 0.4) is 0 Å². The van der Waals surface area contributed by atoms with Crippen LogP contribution >= 0.6 is 0 Å². The van der Waals surface area contributed by atoms with Crippen molar-refractivity contribution < 1.29 is 9.53 Å². The summed E-state index contributed by atoms with van der Waals surface area (Å²) in [6.45, 7) is 9.06. The van der Waals surface area contributed by atoms with Crippen molar-refractivity contribution in [3.8, 4) is 5.69 Å². The minimum Gasteiger partial charge on any atom is -0.444 e. The molecule has 0 bridgehead atoms. The van der Waals surface area contributed by atoms with Crippen LogP contribution in [0.25, 0.3) is 16.7 Å². The molecular weight excluding hydrogens is 348 g/mol. The number of carbonyl (C=O) groups is 1. The highest BCUT2D eigenvalue weighted by Crippen LogP contribution is 2.26. The topological polar surface area (TPSA) is 128 Å². The summed E-state index contributed by atoms with van der Waals surface area (Å²) in [5.74, 6) is 0.102. The summed E-state index contributed by atoms with van der Waals surface area (Å²) in [5.41, 5.74) is 8.75. The number of benzene rings is 1. The molecule has 0 aliphatic carbocycles. The lowest BCUT2D eigenvalue weighted by molar-refractivity contribution is 0.0636. The van der Waals surface area contributed by atoms with Crippen LogP contribution in [0.2, 0.25) is 0 Å². The van der Waals surface area contributed by atoms with E-state index in [1.54, 1.807) is 50.6 Å². The van der Waals surface area contributed by atoms with Gasteiger partial charge >= 0.3 is 11.8 Å². The third kappa shape index (κ3) is 3.76. The summed E-state index contributed by atoms with van der Waals surface area (Å²) in [6, 6.07) is 5.35. The maximum atomic E-state index is 11.9. The lowest BCUT2D eigenvalue weighted by Crippen LogP contribution is -2.27. The van der Waals surface area contributed by atoms with Crippen molar-refractivity contribution in [3.63, 3.8) is 0 Å². The summed E-state index contributed by atoms with van der Waals surface area (Å²) in [6.07, 6.45) is -0.527. The van der Waals surface area contributed by atoms with Gasteiger partial charge in [0.05, 0.1) is 16.9 Å². The number of carbonyl (C=O) groups excluding carboxylic acids is 1. The normalized spacial score (nSPS) is 11.6. The number of H-pyrrole nitrogens is 1. The molecule has 9 nitrogen and oxygen atoms in total. The van der Waals surface area contributed by atoms with Crippen LogP contribution in [-0.4, -0.2) is 31.4 Å². The number of amides is 1. The largest absolute Gasteiger partial charge is 0.444 e. The molecular formula is C18H22N6O3. The average molecular weight is 370 g/mol. The zero-order chi connectivity index (χ0) is 19.9. The van der Waals surface area contributed by atoms with E-state index in [0.717, 1.165) is 11.3 Å². The number of aromatic amines is 1. The van der Waals surface area contributed by atoms with Crippen molar-refractivity contribution in [2.24, 2.45) is 0 Å². The van der Waals surface area contributed by atoms with Crippen molar-refractivity contribution in [3.05, 3.63) is 39.9 Å². The van der Waals surface area contributed by atoms with Gasteiger partial charge in [0.2, 0.25) is 0 Å². The van der Waals surface area contributed by atoms with Gasteiger partial charge in [0.1, 0.15) is 11.1 Å². The van der Waals surface area contributed by atoms with Gasteiger partial charge in [0, 0.05) is 5.69 Å². The highest BCUT2D eigenvalue weighted by Gasteiger charge is 2.18. The van der Waals surface area contributed by atoms with E-state index in [1.807, 2.05) is 6.92 Å². The quantitative estimate of drug-likeness (QED) is 0.636. The summed E-state index contributed by atoms with van der Waals surface area (Å²) < 4.78 is 6.89. The molecule has 27 heavy (non-hydrogen) atoms. The standard InChI is InChI=1S/C18H22N6O3/c1-9-8-11(20-17(26)27-18(3,4)5)6-7-12(9)24-14-13(10(2)23-24)21-16(25)22-15(14)19/h6-8H,1-5H3,(H,20,26)(H3,19,21,22,25). The first-order valence-electron chi connectivity index (χ1n) is 8.41. The van der Waals surface area contributed by atoms with Crippen LogP contribution in [0.4, 0.5) is 16.3 Å². The Bertz CT molecular complexity index is 1090. The number of anilines is 2. The van der Waals surface area contributed by atoms with Crippen molar-refractivity contribution in [2.45, 2.75) is 40.2 Å². The second-order valence-electron chi connectivity index (χ2n) is 7.28. The van der Waals surface area contributed by atoms with Gasteiger partial charge in [0.15, 0.2) is 5.82 Å². The third-order valence-electron chi connectivity index (χ3n) is 3.83. The highest BCUT2D eigenvalue weighted by molar-refractivity contribution is 5.88. The number of nitrogens with zero attached hydrogens (tertiary/aromatic N) is 3. The molecule has 142 valence electrons. The number of rotatable bonds is 2. The minimum absolute atomic E-state index is 0.102. The van der Waals surface area contributed by atoms with E-state index < -0.39 is 17.4 Å². The Morgan fingerprint density at radius 2 is 2.00 bits per heavy atom. The first kappa shape index (κ1) is 18.4. The fourth-order valence-electron chi connectivity index (χ4n) is 2.78. The predicted molar refractivity (Wildman–Crippen MR) is 103 cm³/mol. The zero-order valence-electron chi connectivity index (χ0n) is 15.9. The van der Waals surface area contributed by atoms with E-state index in [2.05, 4.69) is 20.4 Å². The predicted octanol–water partition coefficient (Wildman–Crippen LogP) is 2.65. The third-order valence-corrected chi connectivity index (χ3v) is 3.83. The number of fused-ring (bicyclic) bond motifs is 1. The fourth-order valence-corrected chi connectivity index (χ4v) is 2.78. The molecule has 9 heteroatoms. The Hall–Kier alpha value is -3.36. The maximum absolute atomic E-state index is 11.9. The first-order valence-corrected chi connectivity index (χ1v) is 8.41. The molecule has 4 N–H and O–H groups in total. The Labute approximate surface area is 155 Å². The van der Waals surface area contributed by atoms with Crippen molar-refractivity contribution in [1.82, 2.24) is 19.7 Å². The molecule has 0 aliphatic rings. The van der Waals surface area contributed by atoms with Gasteiger partial charge in [-0.25, -0.2) is 14.3 Å². The highest BCUT2D eigenvalue weighted by atomic mass is 16.6. The molecule has 0 saturated carbocycles. The van der Waals surface area contributed by atoms with Crippen LogP contribution in [0.5, 0.6) is 0 Å². The summed E-state index contributed by atoms with van der Waals surface area (Å²) in [7, 11) is 0. The number of ether oxygens (including phenoxy) is 1. The molecule has 1 aromatic carbocycles. The number of hydrogen-bond acceptors (Lipinski definition) is 6. The number of hydrogen-bond donors (Lipinski definition) is 3.